The second-order valence-corrected chi connectivity index (χ2v) is 10.7. The first-order valence-electron chi connectivity index (χ1n) is 12.5. The van der Waals surface area contributed by atoms with Gasteiger partial charge in [0, 0.05) is 5.69 Å². The van der Waals surface area contributed by atoms with E-state index in [0.717, 1.165) is 22.3 Å². The molecule has 0 spiro atoms. The minimum atomic E-state index is -0.491. The molecule has 5 nitrogen and oxygen atoms in total. The summed E-state index contributed by atoms with van der Waals surface area (Å²) < 4.78 is 0. The zero-order chi connectivity index (χ0) is 26.5. The molecule has 2 unspecified atom stereocenters. The van der Waals surface area contributed by atoms with E-state index in [-0.39, 0.29) is 17.5 Å². The second-order valence-electron chi connectivity index (χ2n) is 9.55. The Morgan fingerprint density at radius 3 is 2.24 bits per heavy atom. The molecule has 37 heavy (non-hydrogen) atoms. The first-order chi connectivity index (χ1) is 17.8. The number of anilines is 1. The minimum absolute atomic E-state index is 0.0543. The number of rotatable bonds is 7. The van der Waals surface area contributed by atoms with Gasteiger partial charge in [0.2, 0.25) is 5.91 Å². The summed E-state index contributed by atoms with van der Waals surface area (Å²) in [4.78, 5) is 28.7. The molecule has 0 radical (unpaired) electrons. The number of nitrogens with one attached hydrogen (secondary N) is 1. The Labute approximate surface area is 223 Å². The molecule has 4 rings (SSSR count). The number of carbonyl (C=O) groups is 2. The van der Waals surface area contributed by atoms with Gasteiger partial charge in [0.15, 0.2) is 0 Å². The standard InChI is InChI=1S/C31H31N3O2S/c1-20(2)23-14-16-26(17-15-23)34-30(36)28(18-25-13-9-8-10-21(25)3)37-31(34)27(19-32)29(35)33-22(4)24-11-6-5-7-12-24/h5-17,20,22,28H,18H2,1-4H3,(H,33,35)/b31-27-. The van der Waals surface area contributed by atoms with Gasteiger partial charge in [-0.25, -0.2) is 0 Å². The van der Waals surface area contributed by atoms with Crippen molar-refractivity contribution in [3.63, 3.8) is 0 Å². The van der Waals surface area contributed by atoms with E-state index in [4.69, 9.17) is 0 Å². The van der Waals surface area contributed by atoms with Crippen LogP contribution >= 0.6 is 11.8 Å². The summed E-state index contributed by atoms with van der Waals surface area (Å²) >= 11 is 1.29. The molecule has 1 saturated heterocycles. The van der Waals surface area contributed by atoms with Gasteiger partial charge < -0.3 is 5.32 Å². The Bertz CT molecular complexity index is 1360. The molecule has 6 heteroatoms. The Balaban J connectivity index is 1.71. The topological polar surface area (TPSA) is 73.2 Å². The summed E-state index contributed by atoms with van der Waals surface area (Å²) in [5.41, 5.74) is 4.87. The maximum absolute atomic E-state index is 13.8. The van der Waals surface area contributed by atoms with Crippen molar-refractivity contribution < 1.29 is 9.59 Å². The van der Waals surface area contributed by atoms with Crippen LogP contribution < -0.4 is 10.2 Å². The molecule has 0 saturated carbocycles. The van der Waals surface area contributed by atoms with Crippen molar-refractivity contribution in [2.24, 2.45) is 0 Å². The number of hydrogen-bond acceptors (Lipinski definition) is 4. The fourth-order valence-electron chi connectivity index (χ4n) is 4.36. The lowest BCUT2D eigenvalue weighted by Crippen LogP contribution is -2.33. The Kier molecular flexibility index (Phi) is 8.15. The highest BCUT2D eigenvalue weighted by Crippen LogP contribution is 2.42. The molecule has 1 heterocycles. The van der Waals surface area contributed by atoms with Gasteiger partial charge in [-0.2, -0.15) is 5.26 Å². The van der Waals surface area contributed by atoms with Crippen LogP contribution in [0, 0.1) is 18.3 Å². The highest BCUT2D eigenvalue weighted by atomic mass is 32.2. The van der Waals surface area contributed by atoms with Crippen LogP contribution in [0.2, 0.25) is 0 Å². The summed E-state index contributed by atoms with van der Waals surface area (Å²) in [6, 6.07) is 27.2. The fraction of sp³-hybridized carbons (Fsp3) is 0.258. The van der Waals surface area contributed by atoms with Gasteiger partial charge in [0.1, 0.15) is 16.7 Å². The van der Waals surface area contributed by atoms with Gasteiger partial charge in [-0.05, 0) is 60.6 Å². The van der Waals surface area contributed by atoms with Crippen molar-refractivity contribution in [3.8, 4) is 6.07 Å². The Morgan fingerprint density at radius 2 is 1.62 bits per heavy atom. The summed E-state index contributed by atoms with van der Waals surface area (Å²) in [6.45, 7) is 8.13. The number of nitriles is 1. The first-order valence-corrected chi connectivity index (χ1v) is 13.3. The summed E-state index contributed by atoms with van der Waals surface area (Å²) in [5, 5.41) is 13.0. The van der Waals surface area contributed by atoms with Gasteiger partial charge in [0.25, 0.3) is 5.91 Å². The van der Waals surface area contributed by atoms with Crippen molar-refractivity contribution in [2.45, 2.75) is 51.3 Å². The third-order valence-corrected chi connectivity index (χ3v) is 7.90. The number of hydrogen-bond donors (Lipinski definition) is 1. The molecule has 3 aromatic rings. The molecule has 0 bridgehead atoms. The zero-order valence-electron chi connectivity index (χ0n) is 21.6. The molecule has 2 atom stereocenters. The van der Waals surface area contributed by atoms with Crippen LogP contribution in [0.3, 0.4) is 0 Å². The molecule has 1 N–H and O–H groups in total. The third kappa shape index (κ3) is 5.79. The van der Waals surface area contributed by atoms with Gasteiger partial charge in [-0.15, -0.1) is 0 Å². The van der Waals surface area contributed by atoms with E-state index < -0.39 is 11.2 Å². The molecule has 1 aliphatic heterocycles. The van der Waals surface area contributed by atoms with E-state index in [1.165, 1.54) is 11.8 Å². The third-order valence-electron chi connectivity index (χ3n) is 6.64. The summed E-state index contributed by atoms with van der Waals surface area (Å²) in [5.74, 6) is -0.270. The molecule has 0 aliphatic carbocycles. The van der Waals surface area contributed by atoms with Gasteiger partial charge in [0.05, 0.1) is 11.3 Å². The average Bonchev–Trinajstić information content (AvgIpc) is 3.21. The normalized spacial score (nSPS) is 17.5. The first kappa shape index (κ1) is 26.2. The van der Waals surface area contributed by atoms with Crippen LogP contribution in [0.25, 0.3) is 0 Å². The van der Waals surface area contributed by atoms with Crippen LogP contribution in [0.15, 0.2) is 89.5 Å². The SMILES string of the molecule is Cc1ccccc1CC1S/C(=C(/C#N)C(=O)NC(C)c2ccccc2)N(c2ccc(C(C)C)cc2)C1=O. The highest BCUT2D eigenvalue weighted by Gasteiger charge is 2.41. The van der Waals surface area contributed by atoms with Crippen molar-refractivity contribution in [2.75, 3.05) is 4.90 Å². The van der Waals surface area contributed by atoms with Crippen LogP contribution in [-0.4, -0.2) is 17.1 Å². The number of nitrogens with zero attached hydrogens (tertiary/aromatic N) is 2. The Morgan fingerprint density at radius 1 is 0.973 bits per heavy atom. The van der Waals surface area contributed by atoms with Gasteiger partial charge in [-0.1, -0.05) is 92.3 Å². The van der Waals surface area contributed by atoms with E-state index in [1.807, 2.05) is 92.7 Å². The lowest BCUT2D eigenvalue weighted by molar-refractivity contribution is -0.117. The zero-order valence-corrected chi connectivity index (χ0v) is 22.4. The summed E-state index contributed by atoms with van der Waals surface area (Å²) in [7, 11) is 0. The van der Waals surface area contributed by atoms with E-state index >= 15 is 0 Å². The fourth-order valence-corrected chi connectivity index (χ4v) is 5.66. The minimum Gasteiger partial charge on any atom is -0.345 e. The Hall–Kier alpha value is -3.82. The lowest BCUT2D eigenvalue weighted by atomic mass is 10.0. The van der Waals surface area contributed by atoms with Crippen molar-refractivity contribution in [1.82, 2.24) is 5.32 Å². The molecule has 0 aromatic heterocycles. The molecular weight excluding hydrogens is 478 g/mol. The highest BCUT2D eigenvalue weighted by molar-refractivity contribution is 8.05. The molecular formula is C31H31N3O2S. The van der Waals surface area contributed by atoms with Crippen molar-refractivity contribution >= 4 is 29.3 Å². The second kappa shape index (κ2) is 11.5. The predicted molar refractivity (Wildman–Crippen MR) is 150 cm³/mol. The van der Waals surface area contributed by atoms with Crippen LogP contribution in [0.5, 0.6) is 0 Å². The average molecular weight is 510 g/mol. The van der Waals surface area contributed by atoms with Crippen molar-refractivity contribution in [1.29, 1.82) is 5.26 Å². The number of benzene rings is 3. The molecule has 3 aromatic carbocycles. The smallest absolute Gasteiger partial charge is 0.265 e. The molecule has 1 aliphatic rings. The van der Waals surface area contributed by atoms with Crippen LogP contribution in [0.4, 0.5) is 5.69 Å². The van der Waals surface area contributed by atoms with Crippen molar-refractivity contribution in [3.05, 3.63) is 112 Å². The molecule has 188 valence electrons. The number of carbonyl (C=O) groups excluding carboxylic acids is 2. The molecule has 1 fully saturated rings. The predicted octanol–water partition coefficient (Wildman–Crippen LogP) is 6.42. The number of amides is 2. The lowest BCUT2D eigenvalue weighted by Gasteiger charge is -2.20. The number of thioether (sulfide) groups is 1. The van der Waals surface area contributed by atoms with Gasteiger partial charge in [-0.3, -0.25) is 14.5 Å². The van der Waals surface area contributed by atoms with E-state index in [0.29, 0.717) is 23.1 Å². The van der Waals surface area contributed by atoms with E-state index in [9.17, 15) is 14.9 Å². The van der Waals surface area contributed by atoms with Crippen LogP contribution in [-0.2, 0) is 16.0 Å². The summed E-state index contributed by atoms with van der Waals surface area (Å²) in [6.07, 6.45) is 0.515. The van der Waals surface area contributed by atoms with E-state index in [2.05, 4.69) is 25.2 Å². The maximum Gasteiger partial charge on any atom is 0.265 e. The number of aryl methyl sites for hydroxylation is 1. The van der Waals surface area contributed by atoms with Gasteiger partial charge >= 0.3 is 0 Å². The van der Waals surface area contributed by atoms with Crippen LogP contribution in [0.1, 0.15) is 55.0 Å². The monoisotopic (exact) mass is 509 g/mol. The molecule has 2 amide bonds. The quantitative estimate of drug-likeness (QED) is 0.295. The largest absolute Gasteiger partial charge is 0.345 e. The maximum atomic E-state index is 13.8. The van der Waals surface area contributed by atoms with E-state index in [1.54, 1.807) is 4.90 Å².